The molecule has 0 fully saturated rings. The number of phosphoric acid groups is 2. The molecule has 3 unspecified atom stereocenters. The van der Waals surface area contributed by atoms with Crippen molar-refractivity contribution in [3.8, 4) is 0 Å². The number of esters is 4. The summed E-state index contributed by atoms with van der Waals surface area (Å²) in [4.78, 5) is 72.2. The molecule has 0 heterocycles. The number of carbonyl (C=O) groups excluding carboxylic acids is 4. The van der Waals surface area contributed by atoms with E-state index in [-0.39, 0.29) is 25.7 Å². The Labute approximate surface area is 554 Å². The second-order valence-electron chi connectivity index (χ2n) is 25.5. The number of unbranched alkanes of at least 4 members (excludes halogenated alkanes) is 38. The highest BCUT2D eigenvalue weighted by atomic mass is 31.2. The van der Waals surface area contributed by atoms with Gasteiger partial charge in [0.05, 0.1) is 26.4 Å². The van der Waals surface area contributed by atoms with Gasteiger partial charge in [0, 0.05) is 25.7 Å². The molecule has 0 aromatic rings. The SMILES string of the molecule is CCCCCC/C=C\C=C/CCCCCCCC(=O)OC[C@H](COP(=O)(O)OC[C@@H](O)COP(=O)(O)OC[C@@H](COC(=O)CCCCCCC)OC(=O)CCCCCCCCCCC)OC(=O)CCCCCCCCCCCCCCCCCCCCC(C)CC. The van der Waals surface area contributed by atoms with Crippen LogP contribution in [0.15, 0.2) is 24.3 Å². The maximum Gasteiger partial charge on any atom is 0.472 e. The number of phosphoric ester groups is 2. The second-order valence-corrected chi connectivity index (χ2v) is 28.4. The summed E-state index contributed by atoms with van der Waals surface area (Å²) in [6, 6.07) is 0. The zero-order chi connectivity index (χ0) is 67.0. The van der Waals surface area contributed by atoms with Crippen molar-refractivity contribution in [2.24, 2.45) is 5.92 Å². The predicted octanol–water partition coefficient (Wildman–Crippen LogP) is 20.5. The van der Waals surface area contributed by atoms with Gasteiger partial charge in [0.2, 0.25) is 0 Å². The van der Waals surface area contributed by atoms with Gasteiger partial charge in [-0.25, -0.2) is 9.13 Å². The molecule has 0 amide bonds. The third kappa shape index (κ3) is 64.6. The first kappa shape index (κ1) is 88.5. The van der Waals surface area contributed by atoms with Crippen molar-refractivity contribution in [1.29, 1.82) is 0 Å². The fraction of sp³-hybridized carbons (Fsp3) is 0.889. The van der Waals surface area contributed by atoms with Crippen LogP contribution in [0.1, 0.15) is 349 Å². The lowest BCUT2D eigenvalue weighted by Gasteiger charge is -2.21. The van der Waals surface area contributed by atoms with Gasteiger partial charge in [-0.1, -0.05) is 296 Å². The van der Waals surface area contributed by atoms with Crippen LogP contribution in [0.3, 0.4) is 0 Å². The highest BCUT2D eigenvalue weighted by Crippen LogP contribution is 2.45. The van der Waals surface area contributed by atoms with Crippen LogP contribution in [0.2, 0.25) is 0 Å². The highest BCUT2D eigenvalue weighted by Gasteiger charge is 2.30. The van der Waals surface area contributed by atoms with E-state index in [0.717, 1.165) is 121 Å². The monoisotopic (exact) mass is 1330 g/mol. The van der Waals surface area contributed by atoms with Crippen molar-refractivity contribution in [3.63, 3.8) is 0 Å². The van der Waals surface area contributed by atoms with Crippen molar-refractivity contribution in [2.75, 3.05) is 39.6 Å². The van der Waals surface area contributed by atoms with Gasteiger partial charge in [0.1, 0.15) is 19.3 Å². The molecular formula is C72H136O17P2. The van der Waals surface area contributed by atoms with E-state index in [1.54, 1.807) is 0 Å². The summed E-state index contributed by atoms with van der Waals surface area (Å²) in [7, 11) is -9.90. The first-order chi connectivity index (χ1) is 44.1. The Bertz CT molecular complexity index is 1850. The van der Waals surface area contributed by atoms with Crippen LogP contribution in [0.4, 0.5) is 0 Å². The lowest BCUT2D eigenvalue weighted by Crippen LogP contribution is -2.30. The van der Waals surface area contributed by atoms with Crippen molar-refractivity contribution >= 4 is 39.5 Å². The number of ether oxygens (including phenoxy) is 4. The first-order valence-electron chi connectivity index (χ1n) is 37.0. The fourth-order valence-corrected chi connectivity index (χ4v) is 12.0. The standard InChI is InChI=1S/C72H136O17P2/c1-6-10-13-16-18-20-21-22-27-31-34-38-41-46-51-56-70(75)83-62-68(89-72(77)58-53-48-43-39-35-32-29-26-24-23-25-28-30-33-37-40-45-49-54-65(5)9-4)64-87-91(80,81)85-60-66(73)59-84-90(78,79)86-63-67(61-82-69(74)55-50-44-15-12-8-3)88-71(76)57-52-47-42-36-19-17-14-11-7-2/h20-22,27,65-68,73H,6-19,23-26,28-64H2,1-5H3,(H,78,79)(H,80,81)/b21-20-,27-22-/t65?,66-,67+,68+/m0/s1. The molecule has 0 saturated carbocycles. The van der Waals surface area contributed by atoms with Crippen molar-refractivity contribution < 1.29 is 80.2 Å². The molecule has 3 N–H and O–H groups in total. The number of hydrogen-bond acceptors (Lipinski definition) is 15. The molecule has 0 spiro atoms. The van der Waals surface area contributed by atoms with Gasteiger partial charge in [-0.2, -0.15) is 0 Å². The Morgan fingerprint density at radius 1 is 0.352 bits per heavy atom. The van der Waals surface area contributed by atoms with E-state index in [1.807, 2.05) is 0 Å². The minimum Gasteiger partial charge on any atom is -0.462 e. The number of allylic oxidation sites excluding steroid dienone is 4. The summed E-state index contributed by atoms with van der Waals surface area (Å²) < 4.78 is 68.0. The third-order valence-corrected chi connectivity index (χ3v) is 18.4. The van der Waals surface area contributed by atoms with Gasteiger partial charge in [-0.3, -0.25) is 37.3 Å². The number of rotatable bonds is 70. The van der Waals surface area contributed by atoms with Crippen LogP contribution in [0.25, 0.3) is 0 Å². The number of aliphatic hydroxyl groups is 1. The van der Waals surface area contributed by atoms with Crippen LogP contribution in [0.5, 0.6) is 0 Å². The molecule has 0 radical (unpaired) electrons. The zero-order valence-corrected chi connectivity index (χ0v) is 60.3. The molecule has 0 aromatic carbocycles. The summed E-state index contributed by atoms with van der Waals surface area (Å²) in [5.74, 6) is -1.30. The molecule has 0 aromatic heterocycles. The van der Waals surface area contributed by atoms with Gasteiger partial charge >= 0.3 is 39.5 Å². The summed E-state index contributed by atoms with van der Waals surface area (Å²) >= 11 is 0. The summed E-state index contributed by atoms with van der Waals surface area (Å²) in [5.41, 5.74) is 0. The Kier molecular flexibility index (Phi) is 63.1. The van der Waals surface area contributed by atoms with Gasteiger partial charge in [-0.05, 0) is 57.3 Å². The quantitative estimate of drug-likeness (QED) is 0.0169. The van der Waals surface area contributed by atoms with Crippen LogP contribution in [0, 0.1) is 5.92 Å². The van der Waals surface area contributed by atoms with Crippen LogP contribution < -0.4 is 0 Å². The summed E-state index contributed by atoms with van der Waals surface area (Å²) in [6.45, 7) is 7.15. The minimum absolute atomic E-state index is 0.101. The lowest BCUT2D eigenvalue weighted by molar-refractivity contribution is -0.161. The lowest BCUT2D eigenvalue weighted by atomic mass is 9.99. The van der Waals surface area contributed by atoms with Crippen LogP contribution >= 0.6 is 15.6 Å². The molecule has 0 saturated heterocycles. The van der Waals surface area contributed by atoms with Crippen LogP contribution in [-0.4, -0.2) is 96.7 Å². The Morgan fingerprint density at radius 3 is 0.934 bits per heavy atom. The van der Waals surface area contributed by atoms with Crippen molar-refractivity contribution in [2.45, 2.75) is 368 Å². The molecule has 91 heavy (non-hydrogen) atoms. The van der Waals surface area contributed by atoms with E-state index in [1.165, 1.54) is 148 Å². The average Bonchev–Trinajstić information content (AvgIpc) is 3.56. The molecule has 0 bridgehead atoms. The molecule has 0 aliphatic heterocycles. The normalized spacial score (nSPS) is 14.5. The van der Waals surface area contributed by atoms with E-state index in [9.17, 15) is 43.2 Å². The topological polar surface area (TPSA) is 237 Å². The predicted molar refractivity (Wildman–Crippen MR) is 368 cm³/mol. The summed E-state index contributed by atoms with van der Waals surface area (Å²) in [5, 5.41) is 10.5. The number of carbonyl (C=O) groups is 4. The largest absolute Gasteiger partial charge is 0.472 e. The van der Waals surface area contributed by atoms with E-state index in [4.69, 9.17) is 37.0 Å². The fourth-order valence-electron chi connectivity index (χ4n) is 10.4. The highest BCUT2D eigenvalue weighted by molar-refractivity contribution is 7.47. The zero-order valence-electron chi connectivity index (χ0n) is 58.5. The average molecular weight is 1340 g/mol. The van der Waals surface area contributed by atoms with E-state index in [0.29, 0.717) is 25.7 Å². The molecule has 0 aliphatic rings. The molecule has 19 heteroatoms. The molecule has 17 nitrogen and oxygen atoms in total. The third-order valence-electron chi connectivity index (χ3n) is 16.5. The van der Waals surface area contributed by atoms with Gasteiger partial charge in [-0.15, -0.1) is 0 Å². The van der Waals surface area contributed by atoms with Crippen molar-refractivity contribution in [1.82, 2.24) is 0 Å². The molecule has 6 atom stereocenters. The second kappa shape index (κ2) is 64.9. The van der Waals surface area contributed by atoms with Gasteiger partial charge in [0.25, 0.3) is 0 Å². The van der Waals surface area contributed by atoms with E-state index in [2.05, 4.69) is 58.9 Å². The Morgan fingerprint density at radius 2 is 0.615 bits per heavy atom. The molecule has 536 valence electrons. The maximum atomic E-state index is 13.0. The number of hydrogen-bond donors (Lipinski definition) is 3. The smallest absolute Gasteiger partial charge is 0.462 e. The van der Waals surface area contributed by atoms with E-state index < -0.39 is 97.5 Å². The first-order valence-corrected chi connectivity index (χ1v) is 40.0. The van der Waals surface area contributed by atoms with Crippen molar-refractivity contribution in [3.05, 3.63) is 24.3 Å². The maximum absolute atomic E-state index is 13.0. The molecular weight excluding hydrogens is 1200 g/mol. The Hall–Kier alpha value is -2.46. The minimum atomic E-state index is -4.96. The van der Waals surface area contributed by atoms with Gasteiger partial charge < -0.3 is 33.8 Å². The molecule has 0 rings (SSSR count). The number of aliphatic hydroxyl groups excluding tert-OH is 1. The Balaban J connectivity index is 5.13. The molecule has 0 aliphatic carbocycles. The van der Waals surface area contributed by atoms with Crippen LogP contribution in [-0.2, 0) is 65.4 Å². The van der Waals surface area contributed by atoms with Gasteiger partial charge in [0.15, 0.2) is 12.2 Å². The summed E-state index contributed by atoms with van der Waals surface area (Å²) in [6.07, 6.45) is 55.4. The van der Waals surface area contributed by atoms with E-state index >= 15 is 0 Å².